The number of carbonyl (C=O) groups is 1. The van der Waals surface area contributed by atoms with Crippen molar-refractivity contribution in [3.63, 3.8) is 0 Å². The molecule has 132 valence electrons. The molecule has 3 rings (SSSR count). The molecule has 0 fully saturated rings. The summed E-state index contributed by atoms with van der Waals surface area (Å²) < 4.78 is 7.11. The molecule has 3 aromatic rings. The van der Waals surface area contributed by atoms with Crippen LogP contribution in [0.3, 0.4) is 0 Å². The number of non-ortho nitro benzene ring substituents is 1. The molecule has 1 heterocycles. The summed E-state index contributed by atoms with van der Waals surface area (Å²) in [6.07, 6.45) is 2.94. The van der Waals surface area contributed by atoms with Gasteiger partial charge in [-0.1, -0.05) is 11.6 Å². The number of benzene rings is 2. The van der Waals surface area contributed by atoms with E-state index < -0.39 is 10.8 Å². The maximum absolute atomic E-state index is 12.2. The number of hydrogen-bond donors (Lipinski definition) is 1. The minimum Gasteiger partial charge on any atom is -0.457 e. The molecule has 0 spiro atoms. The van der Waals surface area contributed by atoms with E-state index in [1.165, 1.54) is 35.3 Å². The fourth-order valence-electron chi connectivity index (χ4n) is 2.20. The minimum atomic E-state index is -0.561. The summed E-state index contributed by atoms with van der Waals surface area (Å²) in [6, 6.07) is 10.6. The van der Waals surface area contributed by atoms with E-state index in [-0.39, 0.29) is 17.1 Å². The van der Waals surface area contributed by atoms with Crippen LogP contribution in [0.25, 0.3) is 0 Å². The number of halogens is 1. The van der Waals surface area contributed by atoms with Crippen LogP contribution in [0.2, 0.25) is 5.02 Å². The Morgan fingerprint density at radius 1 is 1.23 bits per heavy atom. The van der Waals surface area contributed by atoms with Crippen LogP contribution in [0.15, 0.2) is 54.9 Å². The van der Waals surface area contributed by atoms with Crippen molar-refractivity contribution in [3.05, 3.63) is 75.6 Å². The predicted molar refractivity (Wildman–Crippen MR) is 95.8 cm³/mol. The predicted octanol–water partition coefficient (Wildman–Crippen LogP) is 4.03. The molecule has 0 aliphatic carbocycles. The van der Waals surface area contributed by atoms with Crippen LogP contribution in [0.5, 0.6) is 11.5 Å². The summed E-state index contributed by atoms with van der Waals surface area (Å²) >= 11 is 5.82. The zero-order chi connectivity index (χ0) is 18.7. The molecule has 26 heavy (non-hydrogen) atoms. The van der Waals surface area contributed by atoms with Crippen LogP contribution in [0.4, 0.5) is 11.4 Å². The Morgan fingerprint density at radius 2 is 1.96 bits per heavy atom. The summed E-state index contributed by atoms with van der Waals surface area (Å²) in [4.78, 5) is 22.8. The third-order valence-corrected chi connectivity index (χ3v) is 3.63. The third-order valence-electron chi connectivity index (χ3n) is 3.38. The highest BCUT2D eigenvalue weighted by atomic mass is 35.5. The molecule has 0 atom stereocenters. The number of anilines is 1. The van der Waals surface area contributed by atoms with Gasteiger partial charge in [0, 0.05) is 30.4 Å². The molecule has 0 unspecified atom stereocenters. The average molecular weight is 373 g/mol. The number of ether oxygens (including phenoxy) is 1. The van der Waals surface area contributed by atoms with Crippen molar-refractivity contribution in [1.29, 1.82) is 0 Å². The topological polar surface area (TPSA) is 99.3 Å². The van der Waals surface area contributed by atoms with Crippen LogP contribution >= 0.6 is 11.6 Å². The monoisotopic (exact) mass is 372 g/mol. The van der Waals surface area contributed by atoms with Gasteiger partial charge in [0.05, 0.1) is 28.4 Å². The van der Waals surface area contributed by atoms with E-state index in [0.717, 1.165) is 0 Å². The van der Waals surface area contributed by atoms with E-state index in [2.05, 4.69) is 10.4 Å². The van der Waals surface area contributed by atoms with Gasteiger partial charge in [0.2, 0.25) is 0 Å². The van der Waals surface area contributed by atoms with Crippen molar-refractivity contribution >= 4 is 28.9 Å². The van der Waals surface area contributed by atoms with Gasteiger partial charge in [-0.05, 0) is 24.3 Å². The molecular formula is C17H13ClN4O4. The zero-order valence-corrected chi connectivity index (χ0v) is 14.3. The van der Waals surface area contributed by atoms with Crippen LogP contribution in [0.1, 0.15) is 10.4 Å². The Labute approximate surface area is 153 Å². The molecule has 0 bridgehead atoms. The second kappa shape index (κ2) is 7.24. The number of nitro benzene ring substituents is 1. The van der Waals surface area contributed by atoms with E-state index in [4.69, 9.17) is 16.3 Å². The number of nitrogens with zero attached hydrogens (tertiary/aromatic N) is 3. The number of nitrogens with one attached hydrogen (secondary N) is 1. The van der Waals surface area contributed by atoms with Gasteiger partial charge in [-0.2, -0.15) is 5.10 Å². The van der Waals surface area contributed by atoms with Crippen molar-refractivity contribution in [2.45, 2.75) is 0 Å². The van der Waals surface area contributed by atoms with E-state index in [1.54, 1.807) is 31.3 Å². The lowest BCUT2D eigenvalue weighted by Crippen LogP contribution is -2.11. The van der Waals surface area contributed by atoms with Gasteiger partial charge in [-0.3, -0.25) is 19.6 Å². The molecule has 1 amide bonds. The maximum Gasteiger partial charge on any atom is 0.275 e. The second-order valence-electron chi connectivity index (χ2n) is 5.39. The molecule has 8 nitrogen and oxygen atoms in total. The van der Waals surface area contributed by atoms with Gasteiger partial charge < -0.3 is 10.1 Å². The molecule has 1 aromatic heterocycles. The maximum atomic E-state index is 12.2. The lowest BCUT2D eigenvalue weighted by atomic mass is 10.2. The van der Waals surface area contributed by atoms with Gasteiger partial charge in [0.25, 0.3) is 11.6 Å². The second-order valence-corrected chi connectivity index (χ2v) is 5.82. The van der Waals surface area contributed by atoms with Crippen molar-refractivity contribution < 1.29 is 14.5 Å². The number of amides is 1. The first-order chi connectivity index (χ1) is 12.4. The third kappa shape index (κ3) is 4.17. The largest absolute Gasteiger partial charge is 0.457 e. The van der Waals surface area contributed by atoms with E-state index in [1.807, 2.05) is 0 Å². The first kappa shape index (κ1) is 17.4. The molecule has 0 saturated heterocycles. The fraction of sp³-hybridized carbons (Fsp3) is 0.0588. The summed E-state index contributed by atoms with van der Waals surface area (Å²) in [5.74, 6) is 0.235. The van der Waals surface area contributed by atoms with Gasteiger partial charge in [0.1, 0.15) is 11.5 Å². The summed E-state index contributed by atoms with van der Waals surface area (Å²) in [5, 5.41) is 18.2. The van der Waals surface area contributed by atoms with Gasteiger partial charge >= 0.3 is 0 Å². The lowest BCUT2D eigenvalue weighted by molar-refractivity contribution is -0.384. The Hall–Kier alpha value is -3.39. The number of aromatic nitrogens is 2. The summed E-state index contributed by atoms with van der Waals surface area (Å²) in [7, 11) is 1.68. The number of carbonyl (C=O) groups excluding carboxylic acids is 1. The Morgan fingerprint density at radius 3 is 2.58 bits per heavy atom. The number of rotatable bonds is 5. The highest BCUT2D eigenvalue weighted by Gasteiger charge is 2.14. The van der Waals surface area contributed by atoms with Crippen LogP contribution in [-0.4, -0.2) is 20.6 Å². The van der Waals surface area contributed by atoms with E-state index in [9.17, 15) is 14.9 Å². The average Bonchev–Trinajstić information content (AvgIpc) is 3.03. The molecule has 0 aliphatic rings. The first-order valence-corrected chi connectivity index (χ1v) is 7.81. The van der Waals surface area contributed by atoms with Crippen molar-refractivity contribution in [2.24, 2.45) is 7.05 Å². The van der Waals surface area contributed by atoms with Crippen LogP contribution in [0, 0.1) is 10.1 Å². The van der Waals surface area contributed by atoms with Crippen molar-refractivity contribution in [1.82, 2.24) is 9.78 Å². The highest BCUT2D eigenvalue weighted by molar-refractivity contribution is 6.30. The van der Waals surface area contributed by atoms with Gasteiger partial charge in [0.15, 0.2) is 0 Å². The molecule has 9 heteroatoms. The lowest BCUT2D eigenvalue weighted by Gasteiger charge is -2.09. The normalized spacial score (nSPS) is 10.4. The molecule has 1 N–H and O–H groups in total. The van der Waals surface area contributed by atoms with Gasteiger partial charge in [-0.15, -0.1) is 0 Å². The van der Waals surface area contributed by atoms with Crippen LogP contribution < -0.4 is 10.1 Å². The quantitative estimate of drug-likeness (QED) is 0.538. The van der Waals surface area contributed by atoms with Crippen molar-refractivity contribution in [2.75, 3.05) is 5.32 Å². The summed E-state index contributed by atoms with van der Waals surface area (Å²) in [5.41, 5.74) is 0.356. The standard InChI is InChI=1S/C17H13ClN4O4/c1-21-10-11(9-19-21)17(23)20-13-6-14(22(24)25)8-16(7-13)26-15-4-2-12(18)3-5-15/h2-10H,1H3,(H,20,23). The molecular weight excluding hydrogens is 360 g/mol. The number of aryl methyl sites for hydroxylation is 1. The smallest absolute Gasteiger partial charge is 0.275 e. The molecule has 2 aromatic carbocycles. The molecule has 0 radical (unpaired) electrons. The Kier molecular flexibility index (Phi) is 4.85. The highest BCUT2D eigenvalue weighted by Crippen LogP contribution is 2.30. The van der Waals surface area contributed by atoms with E-state index >= 15 is 0 Å². The fourth-order valence-corrected chi connectivity index (χ4v) is 2.33. The summed E-state index contributed by atoms with van der Waals surface area (Å²) in [6.45, 7) is 0. The van der Waals surface area contributed by atoms with Gasteiger partial charge in [-0.25, -0.2) is 0 Å². The SMILES string of the molecule is Cn1cc(C(=O)Nc2cc(Oc3ccc(Cl)cc3)cc([N+](=O)[O-])c2)cn1. The number of hydrogen-bond acceptors (Lipinski definition) is 5. The molecule has 0 saturated carbocycles. The Balaban J connectivity index is 1.87. The molecule has 0 aliphatic heterocycles. The zero-order valence-electron chi connectivity index (χ0n) is 13.5. The first-order valence-electron chi connectivity index (χ1n) is 7.43. The van der Waals surface area contributed by atoms with Crippen molar-refractivity contribution in [3.8, 4) is 11.5 Å². The Bertz CT molecular complexity index is 969. The van der Waals surface area contributed by atoms with E-state index in [0.29, 0.717) is 16.3 Å². The minimum absolute atomic E-state index is 0.210. The van der Waals surface area contributed by atoms with Crippen LogP contribution in [-0.2, 0) is 7.05 Å². The number of nitro groups is 1.